The topological polar surface area (TPSA) is 67.2 Å². The van der Waals surface area contributed by atoms with Crippen LogP contribution in [0.2, 0.25) is 5.15 Å². The average Bonchev–Trinajstić information content (AvgIpc) is 2.77. The second-order valence-electron chi connectivity index (χ2n) is 5.46. The van der Waals surface area contributed by atoms with E-state index in [-0.39, 0.29) is 17.7 Å². The van der Waals surface area contributed by atoms with Crippen LogP contribution in [0.15, 0.2) is 6.08 Å². The Bertz CT molecular complexity index is 601. The molecular weight excluding hydrogens is 304 g/mol. The maximum Gasteiger partial charge on any atom is 0.246 e. The van der Waals surface area contributed by atoms with Crippen molar-refractivity contribution in [1.82, 2.24) is 20.0 Å². The molecule has 1 aromatic rings. The molecule has 2 amide bonds. The van der Waals surface area contributed by atoms with Crippen molar-refractivity contribution in [1.29, 1.82) is 0 Å². The molecule has 22 heavy (non-hydrogen) atoms. The van der Waals surface area contributed by atoms with E-state index in [1.165, 1.54) is 6.08 Å². The highest BCUT2D eigenvalue weighted by atomic mass is 35.5. The fraction of sp³-hybridized carbons (Fsp3) is 0.533. The van der Waals surface area contributed by atoms with Crippen LogP contribution >= 0.6 is 11.6 Å². The highest BCUT2D eigenvalue weighted by Gasteiger charge is 2.25. The number of aryl methyl sites for hydroxylation is 2. The Balaban J connectivity index is 1.96. The second kappa shape index (κ2) is 6.96. The minimum absolute atomic E-state index is 0.00745. The summed E-state index contributed by atoms with van der Waals surface area (Å²) in [6.45, 7) is 3.05. The van der Waals surface area contributed by atoms with Crippen molar-refractivity contribution in [3.8, 4) is 0 Å². The predicted octanol–water partition coefficient (Wildman–Crippen LogP) is 1.38. The molecule has 0 atom stereocenters. The van der Waals surface area contributed by atoms with E-state index in [2.05, 4.69) is 10.4 Å². The smallest absolute Gasteiger partial charge is 0.246 e. The summed E-state index contributed by atoms with van der Waals surface area (Å²) in [5, 5.41) is 7.38. The Kier molecular flexibility index (Phi) is 5.24. The van der Waals surface area contributed by atoms with Gasteiger partial charge in [-0.05, 0) is 25.8 Å². The van der Waals surface area contributed by atoms with Gasteiger partial charge in [0.05, 0.1) is 5.69 Å². The van der Waals surface area contributed by atoms with E-state index in [0.29, 0.717) is 31.1 Å². The highest BCUT2D eigenvalue weighted by Crippen LogP contribution is 2.21. The minimum atomic E-state index is -0.0605. The third-order valence-electron chi connectivity index (χ3n) is 4.01. The summed E-state index contributed by atoms with van der Waals surface area (Å²) in [6, 6.07) is 0. The van der Waals surface area contributed by atoms with E-state index < -0.39 is 0 Å². The number of piperidine rings is 1. The molecule has 0 radical (unpaired) electrons. The summed E-state index contributed by atoms with van der Waals surface area (Å²) in [5.74, 6) is 0.00289. The lowest BCUT2D eigenvalue weighted by molar-refractivity contribution is -0.131. The van der Waals surface area contributed by atoms with Crippen molar-refractivity contribution in [3.63, 3.8) is 0 Å². The lowest BCUT2D eigenvalue weighted by Gasteiger charge is -2.30. The summed E-state index contributed by atoms with van der Waals surface area (Å²) in [7, 11) is 3.40. The van der Waals surface area contributed by atoms with Gasteiger partial charge in [0.2, 0.25) is 11.8 Å². The fourth-order valence-electron chi connectivity index (χ4n) is 2.66. The molecule has 1 saturated heterocycles. The van der Waals surface area contributed by atoms with Crippen LogP contribution in [-0.4, -0.2) is 46.6 Å². The number of carbonyl (C=O) groups excluding carboxylic acids is 2. The molecule has 2 heterocycles. The zero-order valence-corrected chi connectivity index (χ0v) is 13.9. The van der Waals surface area contributed by atoms with E-state index in [4.69, 9.17) is 11.6 Å². The van der Waals surface area contributed by atoms with Crippen LogP contribution in [0.1, 0.15) is 24.1 Å². The number of amides is 2. The Morgan fingerprint density at radius 1 is 1.36 bits per heavy atom. The first-order valence-electron chi connectivity index (χ1n) is 7.31. The van der Waals surface area contributed by atoms with Crippen LogP contribution in [0, 0.1) is 12.8 Å². The summed E-state index contributed by atoms with van der Waals surface area (Å²) >= 11 is 6.13. The van der Waals surface area contributed by atoms with Gasteiger partial charge in [-0.1, -0.05) is 11.6 Å². The molecule has 1 fully saturated rings. The van der Waals surface area contributed by atoms with Crippen LogP contribution < -0.4 is 5.32 Å². The molecular formula is C15H21ClN4O2. The predicted molar refractivity (Wildman–Crippen MR) is 85.4 cm³/mol. The van der Waals surface area contributed by atoms with Gasteiger partial charge in [-0.2, -0.15) is 5.10 Å². The molecule has 0 saturated carbocycles. The first-order chi connectivity index (χ1) is 10.4. The van der Waals surface area contributed by atoms with Crippen molar-refractivity contribution in [2.24, 2.45) is 13.0 Å². The van der Waals surface area contributed by atoms with Gasteiger partial charge in [-0.3, -0.25) is 14.3 Å². The zero-order valence-electron chi connectivity index (χ0n) is 13.1. The van der Waals surface area contributed by atoms with E-state index in [0.717, 1.165) is 11.3 Å². The van der Waals surface area contributed by atoms with E-state index in [9.17, 15) is 9.59 Å². The SMILES string of the molecule is CNC(=O)C1CCN(C(=O)/C=C/c2c(C)nn(C)c2Cl)CC1. The van der Waals surface area contributed by atoms with Crippen LogP contribution in [0.4, 0.5) is 0 Å². The van der Waals surface area contributed by atoms with Crippen molar-refractivity contribution >= 4 is 29.5 Å². The summed E-state index contributed by atoms with van der Waals surface area (Å²) < 4.78 is 1.58. The first-order valence-corrected chi connectivity index (χ1v) is 7.69. The molecule has 0 spiro atoms. The first kappa shape index (κ1) is 16.5. The Hall–Kier alpha value is -1.82. The number of rotatable bonds is 3. The number of halogens is 1. The van der Waals surface area contributed by atoms with Gasteiger partial charge in [-0.15, -0.1) is 0 Å². The fourth-order valence-corrected chi connectivity index (χ4v) is 2.90. The summed E-state index contributed by atoms with van der Waals surface area (Å²) in [5.41, 5.74) is 1.55. The number of likely N-dealkylation sites (tertiary alicyclic amines) is 1. The lowest BCUT2D eigenvalue weighted by Crippen LogP contribution is -2.41. The molecule has 7 heteroatoms. The van der Waals surface area contributed by atoms with Gasteiger partial charge in [-0.25, -0.2) is 0 Å². The van der Waals surface area contributed by atoms with Crippen LogP contribution in [-0.2, 0) is 16.6 Å². The normalized spacial score (nSPS) is 16.3. The molecule has 1 aliphatic rings. The maximum absolute atomic E-state index is 12.2. The lowest BCUT2D eigenvalue weighted by atomic mass is 9.96. The Morgan fingerprint density at radius 2 is 2.00 bits per heavy atom. The number of carbonyl (C=O) groups is 2. The molecule has 0 aromatic carbocycles. The van der Waals surface area contributed by atoms with Gasteiger partial charge in [0, 0.05) is 44.7 Å². The highest BCUT2D eigenvalue weighted by molar-refractivity contribution is 6.31. The monoisotopic (exact) mass is 324 g/mol. The number of hydrogen-bond acceptors (Lipinski definition) is 3. The van der Waals surface area contributed by atoms with Crippen LogP contribution in [0.5, 0.6) is 0 Å². The third-order valence-corrected chi connectivity index (χ3v) is 4.46. The molecule has 120 valence electrons. The zero-order chi connectivity index (χ0) is 16.3. The van der Waals surface area contributed by atoms with E-state index in [1.54, 1.807) is 29.8 Å². The maximum atomic E-state index is 12.2. The van der Waals surface area contributed by atoms with E-state index in [1.807, 2.05) is 6.92 Å². The molecule has 1 N–H and O–H groups in total. The molecule has 0 unspecified atom stereocenters. The molecule has 2 rings (SSSR count). The molecule has 0 aliphatic carbocycles. The van der Waals surface area contributed by atoms with Crippen LogP contribution in [0.3, 0.4) is 0 Å². The Labute approximate surface area is 135 Å². The van der Waals surface area contributed by atoms with Crippen molar-refractivity contribution < 1.29 is 9.59 Å². The number of hydrogen-bond donors (Lipinski definition) is 1. The number of aromatic nitrogens is 2. The quantitative estimate of drug-likeness (QED) is 0.854. The second-order valence-corrected chi connectivity index (χ2v) is 5.82. The van der Waals surface area contributed by atoms with Crippen LogP contribution in [0.25, 0.3) is 6.08 Å². The molecule has 0 bridgehead atoms. The average molecular weight is 325 g/mol. The van der Waals surface area contributed by atoms with Gasteiger partial charge in [0.25, 0.3) is 0 Å². The summed E-state index contributed by atoms with van der Waals surface area (Å²) in [6.07, 6.45) is 4.63. The third kappa shape index (κ3) is 3.50. The molecule has 6 nitrogen and oxygen atoms in total. The van der Waals surface area contributed by atoms with Crippen molar-refractivity contribution in [2.45, 2.75) is 19.8 Å². The van der Waals surface area contributed by atoms with Gasteiger partial charge >= 0.3 is 0 Å². The Morgan fingerprint density at radius 3 is 2.50 bits per heavy atom. The standard InChI is InChI=1S/C15H21ClN4O2/c1-10-12(14(16)19(3)18-10)4-5-13(21)20-8-6-11(7-9-20)15(22)17-2/h4-5,11H,6-9H2,1-3H3,(H,17,22)/b5-4+. The van der Waals surface area contributed by atoms with Gasteiger partial charge < -0.3 is 10.2 Å². The van der Waals surface area contributed by atoms with Crippen molar-refractivity contribution in [2.75, 3.05) is 20.1 Å². The summed E-state index contributed by atoms with van der Waals surface area (Å²) in [4.78, 5) is 25.6. The van der Waals surface area contributed by atoms with Crippen molar-refractivity contribution in [3.05, 3.63) is 22.5 Å². The van der Waals surface area contributed by atoms with Gasteiger partial charge in [0.1, 0.15) is 5.15 Å². The van der Waals surface area contributed by atoms with E-state index >= 15 is 0 Å². The minimum Gasteiger partial charge on any atom is -0.359 e. The molecule has 1 aliphatic heterocycles. The van der Waals surface area contributed by atoms with Gasteiger partial charge in [0.15, 0.2) is 0 Å². The number of nitrogens with zero attached hydrogens (tertiary/aromatic N) is 3. The molecule has 1 aromatic heterocycles. The largest absolute Gasteiger partial charge is 0.359 e. The number of nitrogens with one attached hydrogen (secondary N) is 1.